The van der Waals surface area contributed by atoms with E-state index < -0.39 is 5.91 Å². The molecule has 4 N–H and O–H groups in total. The molecule has 1 amide bonds. The summed E-state index contributed by atoms with van der Waals surface area (Å²) in [5.74, 6) is 2.04. The second-order valence-corrected chi connectivity index (χ2v) is 7.50. The molecule has 0 atom stereocenters. The Morgan fingerprint density at radius 3 is 2.44 bits per heavy atom. The SMILES string of the molecule is C=C(C#N)C(=O)N[C@H]1C[C@H](Nc2ncnc(N)c2-c2ccc(Oc3ccccc3)cc2)C1. The number of nitrogens with one attached hydrogen (secondary N) is 2. The van der Waals surface area contributed by atoms with Crippen molar-refractivity contribution < 1.29 is 9.53 Å². The molecule has 2 aromatic carbocycles. The Morgan fingerprint density at radius 2 is 1.75 bits per heavy atom. The molecule has 0 bridgehead atoms. The fraction of sp³-hybridized carbons (Fsp3) is 0.167. The van der Waals surface area contributed by atoms with E-state index in [1.165, 1.54) is 6.33 Å². The number of carbonyl (C=O) groups is 1. The first-order chi connectivity index (χ1) is 15.5. The van der Waals surface area contributed by atoms with Crippen molar-refractivity contribution >= 4 is 17.5 Å². The number of rotatable bonds is 7. The maximum atomic E-state index is 11.8. The van der Waals surface area contributed by atoms with E-state index in [0.717, 1.165) is 11.3 Å². The van der Waals surface area contributed by atoms with Gasteiger partial charge in [-0.05, 0) is 42.7 Å². The fourth-order valence-corrected chi connectivity index (χ4v) is 3.48. The quantitative estimate of drug-likeness (QED) is 0.389. The Hall–Kier alpha value is -4.38. The zero-order chi connectivity index (χ0) is 22.5. The van der Waals surface area contributed by atoms with Gasteiger partial charge in [0.15, 0.2) is 0 Å². The molecule has 0 unspecified atom stereocenters. The number of ether oxygens (including phenoxy) is 1. The summed E-state index contributed by atoms with van der Waals surface area (Å²) in [5.41, 5.74) is 7.66. The van der Waals surface area contributed by atoms with Crippen molar-refractivity contribution in [2.75, 3.05) is 11.1 Å². The first-order valence-corrected chi connectivity index (χ1v) is 10.1. The average Bonchev–Trinajstić information content (AvgIpc) is 2.78. The van der Waals surface area contributed by atoms with Crippen molar-refractivity contribution in [3.8, 4) is 28.7 Å². The molecule has 0 radical (unpaired) electrons. The summed E-state index contributed by atoms with van der Waals surface area (Å²) >= 11 is 0. The molecule has 1 saturated carbocycles. The number of aromatic nitrogens is 2. The number of carbonyl (C=O) groups excluding carboxylic acids is 1. The lowest BCUT2D eigenvalue weighted by molar-refractivity contribution is -0.118. The molecular weight excluding hydrogens is 404 g/mol. The van der Waals surface area contributed by atoms with Crippen molar-refractivity contribution in [2.45, 2.75) is 24.9 Å². The van der Waals surface area contributed by atoms with Crippen molar-refractivity contribution in [2.24, 2.45) is 0 Å². The van der Waals surface area contributed by atoms with Gasteiger partial charge in [0.05, 0.1) is 5.56 Å². The molecule has 1 aromatic heterocycles. The van der Waals surface area contributed by atoms with E-state index in [2.05, 4.69) is 27.2 Å². The topological polar surface area (TPSA) is 126 Å². The number of para-hydroxylation sites is 1. The summed E-state index contributed by atoms with van der Waals surface area (Å²) in [6.45, 7) is 3.43. The third-order valence-corrected chi connectivity index (χ3v) is 5.22. The Kier molecular flexibility index (Phi) is 5.99. The number of hydrogen-bond donors (Lipinski definition) is 3. The van der Waals surface area contributed by atoms with Crippen molar-refractivity contribution in [3.63, 3.8) is 0 Å². The number of amides is 1. The zero-order valence-electron chi connectivity index (χ0n) is 17.3. The van der Waals surface area contributed by atoms with Crippen LogP contribution in [0.2, 0.25) is 0 Å². The van der Waals surface area contributed by atoms with E-state index in [0.29, 0.717) is 35.8 Å². The van der Waals surface area contributed by atoms with Gasteiger partial charge in [-0.15, -0.1) is 0 Å². The minimum atomic E-state index is -0.430. The molecule has 1 fully saturated rings. The number of anilines is 2. The summed E-state index contributed by atoms with van der Waals surface area (Å²) in [6.07, 6.45) is 2.83. The normalized spacial score (nSPS) is 16.8. The molecule has 8 nitrogen and oxygen atoms in total. The van der Waals surface area contributed by atoms with Gasteiger partial charge in [-0.3, -0.25) is 4.79 Å². The van der Waals surface area contributed by atoms with Crippen LogP contribution in [0.1, 0.15) is 12.8 Å². The van der Waals surface area contributed by atoms with E-state index in [9.17, 15) is 4.79 Å². The number of nitrogens with two attached hydrogens (primary N) is 1. The van der Waals surface area contributed by atoms with Crippen molar-refractivity contribution in [1.82, 2.24) is 15.3 Å². The molecule has 4 rings (SSSR count). The van der Waals surface area contributed by atoms with Crippen LogP contribution in [0.4, 0.5) is 11.6 Å². The highest BCUT2D eigenvalue weighted by atomic mass is 16.5. The third kappa shape index (κ3) is 4.68. The van der Waals surface area contributed by atoms with Crippen LogP contribution in [0.25, 0.3) is 11.1 Å². The van der Waals surface area contributed by atoms with Crippen LogP contribution in [-0.4, -0.2) is 28.0 Å². The van der Waals surface area contributed by atoms with Gasteiger partial charge in [-0.1, -0.05) is 36.9 Å². The summed E-state index contributed by atoms with van der Waals surface area (Å²) in [6, 6.07) is 19.0. The van der Waals surface area contributed by atoms with E-state index >= 15 is 0 Å². The highest BCUT2D eigenvalue weighted by Crippen LogP contribution is 2.34. The Bertz CT molecular complexity index is 1170. The van der Waals surface area contributed by atoms with Gasteiger partial charge in [-0.2, -0.15) is 5.26 Å². The first-order valence-electron chi connectivity index (χ1n) is 10.1. The van der Waals surface area contributed by atoms with Crippen LogP contribution in [0.15, 0.2) is 73.1 Å². The van der Waals surface area contributed by atoms with Gasteiger partial charge in [0.2, 0.25) is 0 Å². The molecule has 1 heterocycles. The van der Waals surface area contributed by atoms with Crippen LogP contribution < -0.4 is 21.1 Å². The Morgan fingerprint density at radius 1 is 1.06 bits per heavy atom. The van der Waals surface area contributed by atoms with E-state index in [-0.39, 0.29) is 17.7 Å². The summed E-state index contributed by atoms with van der Waals surface area (Å²) in [7, 11) is 0. The van der Waals surface area contributed by atoms with Gasteiger partial charge < -0.3 is 21.1 Å². The van der Waals surface area contributed by atoms with Gasteiger partial charge in [0.1, 0.15) is 41.1 Å². The van der Waals surface area contributed by atoms with Gasteiger partial charge >= 0.3 is 0 Å². The van der Waals surface area contributed by atoms with Crippen LogP contribution in [0.5, 0.6) is 11.5 Å². The molecule has 0 aliphatic heterocycles. The molecule has 8 heteroatoms. The van der Waals surface area contributed by atoms with Gasteiger partial charge in [-0.25, -0.2) is 9.97 Å². The number of nitrogen functional groups attached to an aromatic ring is 1. The molecule has 0 saturated heterocycles. The van der Waals surface area contributed by atoms with Crippen LogP contribution in [0, 0.1) is 11.3 Å². The smallest absolute Gasteiger partial charge is 0.261 e. The van der Waals surface area contributed by atoms with Gasteiger partial charge in [0.25, 0.3) is 5.91 Å². The summed E-state index contributed by atoms with van der Waals surface area (Å²) in [5, 5.41) is 14.9. The van der Waals surface area contributed by atoms with E-state index in [4.69, 9.17) is 15.7 Å². The predicted octanol–water partition coefficient (Wildman–Crippen LogP) is 3.66. The second kappa shape index (κ2) is 9.18. The van der Waals surface area contributed by atoms with E-state index in [1.807, 2.05) is 54.6 Å². The average molecular weight is 426 g/mol. The Balaban J connectivity index is 1.43. The number of nitrogens with zero attached hydrogens (tertiary/aromatic N) is 3. The lowest BCUT2D eigenvalue weighted by Crippen LogP contribution is -2.50. The first kappa shape index (κ1) is 20.9. The molecule has 1 aliphatic carbocycles. The van der Waals surface area contributed by atoms with Crippen molar-refractivity contribution in [1.29, 1.82) is 5.26 Å². The molecule has 1 aliphatic rings. The fourth-order valence-electron chi connectivity index (χ4n) is 3.48. The minimum Gasteiger partial charge on any atom is -0.457 e. The molecule has 0 spiro atoms. The minimum absolute atomic E-state index is 0.0119. The monoisotopic (exact) mass is 426 g/mol. The van der Waals surface area contributed by atoms with Crippen LogP contribution >= 0.6 is 0 Å². The molecule has 3 aromatic rings. The maximum Gasteiger partial charge on any atom is 0.261 e. The summed E-state index contributed by atoms with van der Waals surface area (Å²) < 4.78 is 5.85. The lowest BCUT2D eigenvalue weighted by Gasteiger charge is -2.36. The second-order valence-electron chi connectivity index (χ2n) is 7.50. The zero-order valence-corrected chi connectivity index (χ0v) is 17.3. The molecule has 32 heavy (non-hydrogen) atoms. The predicted molar refractivity (Wildman–Crippen MR) is 122 cm³/mol. The maximum absolute atomic E-state index is 11.8. The highest BCUT2D eigenvalue weighted by Gasteiger charge is 2.31. The van der Waals surface area contributed by atoms with Crippen molar-refractivity contribution in [3.05, 3.63) is 73.1 Å². The number of hydrogen-bond acceptors (Lipinski definition) is 7. The highest BCUT2D eigenvalue weighted by molar-refractivity contribution is 5.96. The molecular formula is C24H22N6O2. The summed E-state index contributed by atoms with van der Waals surface area (Å²) in [4.78, 5) is 20.3. The van der Waals surface area contributed by atoms with Gasteiger partial charge in [0, 0.05) is 12.1 Å². The van der Waals surface area contributed by atoms with Crippen LogP contribution in [0.3, 0.4) is 0 Å². The van der Waals surface area contributed by atoms with E-state index in [1.54, 1.807) is 6.07 Å². The lowest BCUT2D eigenvalue weighted by atomic mass is 9.86. The largest absolute Gasteiger partial charge is 0.457 e. The standard InChI is InChI=1S/C24H22N6O2/c1-15(13-25)24(31)30-18-11-17(12-18)29-23-21(22(26)27-14-28-23)16-7-9-20(10-8-16)32-19-5-3-2-4-6-19/h2-10,14,17-18H,1,11-12H2,(H,30,31)(H3,26,27,28,29)/t17-,18-. The molecule has 160 valence electrons. The third-order valence-electron chi connectivity index (χ3n) is 5.22. The van der Waals surface area contributed by atoms with Crippen LogP contribution in [-0.2, 0) is 4.79 Å². The number of nitriles is 1. The Labute approximate surface area is 185 Å². The number of benzene rings is 2.